The van der Waals surface area contributed by atoms with Crippen LogP contribution in [0.1, 0.15) is 59.6 Å². The van der Waals surface area contributed by atoms with Crippen LogP contribution in [0.15, 0.2) is 46.1 Å². The van der Waals surface area contributed by atoms with Gasteiger partial charge >= 0.3 is 0 Å². The van der Waals surface area contributed by atoms with Crippen LogP contribution in [0.5, 0.6) is 0 Å². The third-order valence-electron chi connectivity index (χ3n) is 3.72. The van der Waals surface area contributed by atoms with Gasteiger partial charge in [0.25, 0.3) is 0 Å². The molecule has 1 aromatic rings. The quantitative estimate of drug-likeness (QED) is 0.669. The number of furan rings is 1. The van der Waals surface area contributed by atoms with Crippen LogP contribution in [0.2, 0.25) is 0 Å². The molecule has 0 amide bonds. The summed E-state index contributed by atoms with van der Waals surface area (Å²) < 4.78 is 5.36. The van der Waals surface area contributed by atoms with Crippen LogP contribution in [0.3, 0.4) is 0 Å². The van der Waals surface area contributed by atoms with E-state index < -0.39 is 0 Å². The first-order chi connectivity index (χ1) is 9.89. The molecule has 0 aliphatic carbocycles. The van der Waals surface area contributed by atoms with Crippen LogP contribution in [-0.4, -0.2) is 6.54 Å². The Hall–Kier alpha value is -1.28. The first-order valence-electron chi connectivity index (χ1n) is 8.02. The van der Waals surface area contributed by atoms with E-state index in [0.717, 1.165) is 31.7 Å². The number of hydrogen-bond donors (Lipinski definition) is 1. The van der Waals surface area contributed by atoms with Crippen molar-refractivity contribution in [3.63, 3.8) is 0 Å². The molecular weight excluding hydrogens is 258 g/mol. The molecule has 2 heteroatoms. The van der Waals surface area contributed by atoms with Gasteiger partial charge in [-0.15, -0.1) is 0 Å². The van der Waals surface area contributed by atoms with Crippen LogP contribution < -0.4 is 5.32 Å². The maximum Gasteiger partial charge on any atom is 0.157 e. The van der Waals surface area contributed by atoms with Gasteiger partial charge in [0.1, 0.15) is 6.54 Å². The van der Waals surface area contributed by atoms with Gasteiger partial charge in [-0.25, -0.2) is 0 Å². The van der Waals surface area contributed by atoms with Gasteiger partial charge in [-0.05, 0) is 52.2 Å². The minimum Gasteiger partial charge on any atom is -0.463 e. The third-order valence-corrected chi connectivity index (χ3v) is 3.72. The highest BCUT2D eigenvalue weighted by atomic mass is 16.3. The molecule has 0 saturated carbocycles. The SMILES string of the molecule is CC(C)=CCC/C(C)=C/CC(C)(C)C[NH2+]Cc1ccco1. The van der Waals surface area contributed by atoms with Crippen molar-refractivity contribution >= 4 is 0 Å². The Morgan fingerprint density at radius 3 is 2.62 bits per heavy atom. The van der Waals surface area contributed by atoms with Crippen molar-refractivity contribution in [1.82, 2.24) is 0 Å². The summed E-state index contributed by atoms with van der Waals surface area (Å²) in [5.41, 5.74) is 3.24. The summed E-state index contributed by atoms with van der Waals surface area (Å²) in [5, 5.41) is 2.34. The summed E-state index contributed by atoms with van der Waals surface area (Å²) >= 11 is 0. The van der Waals surface area contributed by atoms with Crippen molar-refractivity contribution in [3.8, 4) is 0 Å². The molecule has 0 spiro atoms. The van der Waals surface area contributed by atoms with Gasteiger partial charge in [0.15, 0.2) is 5.76 Å². The molecule has 0 aromatic carbocycles. The lowest BCUT2D eigenvalue weighted by Crippen LogP contribution is -2.85. The summed E-state index contributed by atoms with van der Waals surface area (Å²) in [6, 6.07) is 3.99. The molecule has 118 valence electrons. The van der Waals surface area contributed by atoms with Gasteiger partial charge < -0.3 is 9.73 Å². The monoisotopic (exact) mass is 290 g/mol. The lowest BCUT2D eigenvalue weighted by Gasteiger charge is -2.21. The highest BCUT2D eigenvalue weighted by Crippen LogP contribution is 2.20. The van der Waals surface area contributed by atoms with Crippen LogP contribution in [0, 0.1) is 5.41 Å². The second-order valence-corrected chi connectivity index (χ2v) is 7.02. The molecule has 2 nitrogen and oxygen atoms in total. The molecule has 0 saturated heterocycles. The van der Waals surface area contributed by atoms with E-state index in [1.54, 1.807) is 6.26 Å². The first-order valence-corrected chi connectivity index (χ1v) is 8.02. The normalized spacial score (nSPS) is 12.5. The molecule has 2 N–H and O–H groups in total. The number of nitrogens with two attached hydrogens (primary N) is 1. The number of rotatable bonds is 9. The summed E-state index contributed by atoms with van der Waals surface area (Å²) in [7, 11) is 0. The predicted octanol–water partition coefficient (Wildman–Crippen LogP) is 4.45. The summed E-state index contributed by atoms with van der Waals surface area (Å²) in [6.45, 7) is 13.3. The van der Waals surface area contributed by atoms with Crippen molar-refractivity contribution in [3.05, 3.63) is 47.5 Å². The van der Waals surface area contributed by atoms with E-state index in [0.29, 0.717) is 5.41 Å². The Morgan fingerprint density at radius 1 is 1.24 bits per heavy atom. The van der Waals surface area contributed by atoms with Crippen molar-refractivity contribution in [2.75, 3.05) is 6.54 Å². The highest BCUT2D eigenvalue weighted by Gasteiger charge is 2.18. The molecule has 0 aliphatic heterocycles. The third kappa shape index (κ3) is 8.56. The average Bonchev–Trinajstić information content (AvgIpc) is 2.89. The van der Waals surface area contributed by atoms with E-state index in [4.69, 9.17) is 4.42 Å². The van der Waals surface area contributed by atoms with Crippen molar-refractivity contribution < 1.29 is 9.73 Å². The van der Waals surface area contributed by atoms with Crippen molar-refractivity contribution in [2.24, 2.45) is 5.41 Å². The summed E-state index contributed by atoms with van der Waals surface area (Å²) in [6.07, 6.45) is 9.96. The smallest absolute Gasteiger partial charge is 0.157 e. The standard InChI is InChI=1S/C19H31NO/c1-16(2)8-6-9-17(3)11-12-19(4,5)15-20-14-18-10-7-13-21-18/h7-8,10-11,13,20H,6,9,12,14-15H2,1-5H3/p+1/b17-11+. The number of allylic oxidation sites excluding steroid dienone is 4. The Morgan fingerprint density at radius 2 is 2.00 bits per heavy atom. The van der Waals surface area contributed by atoms with Gasteiger partial charge in [-0.3, -0.25) is 0 Å². The Bertz CT molecular complexity index is 448. The lowest BCUT2D eigenvalue weighted by molar-refractivity contribution is -0.682. The zero-order valence-corrected chi connectivity index (χ0v) is 14.4. The summed E-state index contributed by atoms with van der Waals surface area (Å²) in [5.74, 6) is 1.05. The second kappa shape index (κ2) is 8.89. The number of quaternary nitrogens is 1. The van der Waals surface area contributed by atoms with Gasteiger partial charge in [0, 0.05) is 5.41 Å². The minimum absolute atomic E-state index is 0.324. The molecule has 0 aliphatic rings. The molecular formula is C19H32NO+. The fourth-order valence-electron chi connectivity index (χ4n) is 2.26. The first kappa shape index (κ1) is 17.8. The van der Waals surface area contributed by atoms with Crippen molar-refractivity contribution in [2.45, 2.75) is 60.4 Å². The van der Waals surface area contributed by atoms with Gasteiger partial charge in [-0.2, -0.15) is 0 Å². The average molecular weight is 290 g/mol. The highest BCUT2D eigenvalue weighted by molar-refractivity contribution is 5.03. The topological polar surface area (TPSA) is 29.8 Å². The number of hydrogen-bond acceptors (Lipinski definition) is 1. The zero-order valence-electron chi connectivity index (χ0n) is 14.4. The fourth-order valence-corrected chi connectivity index (χ4v) is 2.26. The molecule has 0 atom stereocenters. The molecule has 0 fully saturated rings. The van der Waals surface area contributed by atoms with Gasteiger partial charge in [0.2, 0.25) is 0 Å². The Balaban J connectivity index is 2.28. The van der Waals surface area contributed by atoms with E-state index in [9.17, 15) is 0 Å². The maximum atomic E-state index is 5.36. The largest absolute Gasteiger partial charge is 0.463 e. The maximum absolute atomic E-state index is 5.36. The molecule has 21 heavy (non-hydrogen) atoms. The van der Waals surface area contributed by atoms with Crippen molar-refractivity contribution in [1.29, 1.82) is 0 Å². The predicted molar refractivity (Wildman–Crippen MR) is 90.0 cm³/mol. The van der Waals surface area contributed by atoms with Crippen LogP contribution in [0.4, 0.5) is 0 Å². The Labute approximate surface area is 130 Å². The molecule has 0 radical (unpaired) electrons. The molecule has 1 rings (SSSR count). The van der Waals surface area contributed by atoms with E-state index >= 15 is 0 Å². The van der Waals surface area contributed by atoms with E-state index in [1.807, 2.05) is 12.1 Å². The van der Waals surface area contributed by atoms with Crippen LogP contribution in [-0.2, 0) is 6.54 Å². The lowest BCUT2D eigenvalue weighted by atomic mass is 9.88. The fraction of sp³-hybridized carbons (Fsp3) is 0.579. The summed E-state index contributed by atoms with van der Waals surface area (Å²) in [4.78, 5) is 0. The van der Waals surface area contributed by atoms with E-state index in [1.165, 1.54) is 17.6 Å². The van der Waals surface area contributed by atoms with E-state index in [-0.39, 0.29) is 0 Å². The van der Waals surface area contributed by atoms with Gasteiger partial charge in [0.05, 0.1) is 12.8 Å². The second-order valence-electron chi connectivity index (χ2n) is 7.02. The Kier molecular flexibility index (Phi) is 7.52. The van der Waals surface area contributed by atoms with Crippen LogP contribution >= 0.6 is 0 Å². The molecule has 1 heterocycles. The van der Waals surface area contributed by atoms with Crippen LogP contribution in [0.25, 0.3) is 0 Å². The minimum atomic E-state index is 0.324. The van der Waals surface area contributed by atoms with E-state index in [2.05, 4.69) is 52.1 Å². The van der Waals surface area contributed by atoms with Gasteiger partial charge in [-0.1, -0.05) is 37.1 Å². The molecule has 0 bridgehead atoms. The molecule has 1 aromatic heterocycles. The zero-order chi connectivity index (χ0) is 15.7. The molecule has 0 unspecified atom stereocenters.